The lowest BCUT2D eigenvalue weighted by molar-refractivity contribution is -0.143. The highest BCUT2D eigenvalue weighted by atomic mass is 16.5. The van der Waals surface area contributed by atoms with Crippen molar-refractivity contribution < 1.29 is 19.1 Å². The summed E-state index contributed by atoms with van der Waals surface area (Å²) in [5.74, 6) is -1.31. The van der Waals surface area contributed by atoms with Gasteiger partial charge in [-0.2, -0.15) is 0 Å². The van der Waals surface area contributed by atoms with E-state index in [-0.39, 0.29) is 25.4 Å². The Hall–Kier alpha value is -2.57. The van der Waals surface area contributed by atoms with Gasteiger partial charge in [-0.05, 0) is 24.3 Å². The molecular weight excluding hydrogens is 262 g/mol. The summed E-state index contributed by atoms with van der Waals surface area (Å²) in [6.07, 6.45) is -0.331. The summed E-state index contributed by atoms with van der Waals surface area (Å²) in [5, 5.41) is 5.12. The lowest BCUT2D eigenvalue weighted by Gasteiger charge is -2.07. The molecular formula is C13H17N3O4. The van der Waals surface area contributed by atoms with Crippen LogP contribution in [0.15, 0.2) is 24.3 Å². The molecule has 7 heteroatoms. The fourth-order valence-corrected chi connectivity index (χ4v) is 1.38. The Balaban J connectivity index is 2.24. The van der Waals surface area contributed by atoms with Gasteiger partial charge in [0.2, 0.25) is 5.91 Å². The summed E-state index contributed by atoms with van der Waals surface area (Å²) in [6.45, 7) is 0.493. The highest BCUT2D eigenvalue weighted by Crippen LogP contribution is 2.04. The zero-order valence-electron chi connectivity index (χ0n) is 11.1. The predicted octanol–water partition coefficient (Wildman–Crippen LogP) is -0.322. The Morgan fingerprint density at radius 2 is 1.70 bits per heavy atom. The average Bonchev–Trinajstić information content (AvgIpc) is 2.44. The molecule has 0 bridgehead atoms. The molecule has 2 amide bonds. The number of methoxy groups -OCH3 is 1. The van der Waals surface area contributed by atoms with Gasteiger partial charge in [0.1, 0.15) is 6.42 Å². The molecule has 0 aliphatic rings. The van der Waals surface area contributed by atoms with E-state index in [9.17, 15) is 14.4 Å². The van der Waals surface area contributed by atoms with Gasteiger partial charge in [0.15, 0.2) is 0 Å². The second-order valence-corrected chi connectivity index (χ2v) is 3.98. The highest BCUT2D eigenvalue weighted by Gasteiger charge is 2.09. The number of carbonyl (C=O) groups is 3. The van der Waals surface area contributed by atoms with Crippen molar-refractivity contribution in [1.29, 1.82) is 0 Å². The first-order chi connectivity index (χ1) is 9.52. The van der Waals surface area contributed by atoms with Crippen LogP contribution in [0.5, 0.6) is 0 Å². The largest absolute Gasteiger partial charge is 0.469 e. The van der Waals surface area contributed by atoms with Crippen molar-refractivity contribution in [3.8, 4) is 0 Å². The molecule has 20 heavy (non-hydrogen) atoms. The first-order valence-corrected chi connectivity index (χ1v) is 6.00. The summed E-state index contributed by atoms with van der Waals surface area (Å²) in [6, 6.07) is 6.49. The number of carbonyl (C=O) groups excluding carboxylic acids is 3. The van der Waals surface area contributed by atoms with E-state index in [0.29, 0.717) is 11.3 Å². The number of nitrogens with two attached hydrogens (primary N) is 1. The first kappa shape index (κ1) is 15.5. The second-order valence-electron chi connectivity index (χ2n) is 3.98. The molecule has 0 aliphatic carbocycles. The van der Waals surface area contributed by atoms with Crippen molar-refractivity contribution in [3.63, 3.8) is 0 Å². The molecule has 108 valence electrons. The van der Waals surface area contributed by atoms with Gasteiger partial charge in [0.25, 0.3) is 5.91 Å². The van der Waals surface area contributed by atoms with E-state index in [4.69, 9.17) is 5.73 Å². The third-order valence-electron chi connectivity index (χ3n) is 2.44. The lowest BCUT2D eigenvalue weighted by atomic mass is 10.2. The lowest BCUT2D eigenvalue weighted by Crippen LogP contribution is -2.35. The minimum atomic E-state index is -0.603. The second kappa shape index (κ2) is 7.78. The molecule has 1 rings (SSSR count). The molecule has 0 atom stereocenters. The van der Waals surface area contributed by atoms with E-state index >= 15 is 0 Å². The maximum Gasteiger partial charge on any atom is 0.315 e. The quantitative estimate of drug-likeness (QED) is 0.286. The van der Waals surface area contributed by atoms with E-state index in [1.54, 1.807) is 24.3 Å². The van der Waals surface area contributed by atoms with E-state index in [0.717, 1.165) is 0 Å². The van der Waals surface area contributed by atoms with Crippen LogP contribution in [0.1, 0.15) is 16.8 Å². The molecule has 1 aromatic rings. The van der Waals surface area contributed by atoms with Gasteiger partial charge >= 0.3 is 5.97 Å². The van der Waals surface area contributed by atoms with E-state index in [1.165, 1.54) is 7.11 Å². The van der Waals surface area contributed by atoms with Gasteiger partial charge in [-0.15, -0.1) is 0 Å². The number of amides is 2. The molecule has 0 radical (unpaired) electrons. The van der Waals surface area contributed by atoms with Crippen LogP contribution in [0.25, 0.3) is 0 Å². The summed E-state index contributed by atoms with van der Waals surface area (Å²) in [5.41, 5.74) is 6.58. The molecule has 7 nitrogen and oxygen atoms in total. The number of esters is 1. The highest BCUT2D eigenvalue weighted by molar-refractivity contribution is 5.95. The van der Waals surface area contributed by atoms with Crippen LogP contribution in [0.3, 0.4) is 0 Å². The van der Waals surface area contributed by atoms with E-state index in [2.05, 4.69) is 15.4 Å². The molecule has 0 heterocycles. The topological polar surface area (TPSA) is 111 Å². The number of ether oxygens (including phenoxy) is 1. The average molecular weight is 279 g/mol. The van der Waals surface area contributed by atoms with Gasteiger partial charge in [-0.25, -0.2) is 0 Å². The van der Waals surface area contributed by atoms with Crippen LogP contribution in [0.2, 0.25) is 0 Å². The van der Waals surface area contributed by atoms with E-state index in [1.807, 2.05) is 0 Å². The number of hydrogen-bond acceptors (Lipinski definition) is 5. The number of anilines is 1. The van der Waals surface area contributed by atoms with Crippen LogP contribution < -0.4 is 16.4 Å². The molecule has 4 N–H and O–H groups in total. The fourth-order valence-electron chi connectivity index (χ4n) is 1.38. The SMILES string of the molecule is COC(=O)CC(=O)NCCNC(=O)c1ccc(N)cc1. The van der Waals surface area contributed by atoms with Gasteiger partial charge in [-0.3, -0.25) is 14.4 Å². The van der Waals surface area contributed by atoms with Gasteiger partial charge in [0.05, 0.1) is 7.11 Å². The molecule has 0 unspecified atom stereocenters. The number of benzene rings is 1. The summed E-state index contributed by atoms with van der Waals surface area (Å²) < 4.78 is 4.35. The third-order valence-corrected chi connectivity index (χ3v) is 2.44. The Labute approximate surface area is 116 Å². The maximum absolute atomic E-state index is 11.7. The summed E-state index contributed by atoms with van der Waals surface area (Å²) in [7, 11) is 1.21. The van der Waals surface area contributed by atoms with Crippen molar-refractivity contribution in [1.82, 2.24) is 10.6 Å². The van der Waals surface area contributed by atoms with Crippen LogP contribution in [-0.2, 0) is 14.3 Å². The molecule has 0 saturated carbocycles. The summed E-state index contributed by atoms with van der Waals surface area (Å²) in [4.78, 5) is 33.7. The molecule has 1 aromatic carbocycles. The van der Waals surface area contributed by atoms with Crippen molar-refractivity contribution >= 4 is 23.5 Å². The van der Waals surface area contributed by atoms with Crippen molar-refractivity contribution in [2.45, 2.75) is 6.42 Å². The molecule has 0 aromatic heterocycles. The fraction of sp³-hybridized carbons (Fsp3) is 0.308. The zero-order valence-corrected chi connectivity index (χ0v) is 11.1. The smallest absolute Gasteiger partial charge is 0.315 e. The van der Waals surface area contributed by atoms with Crippen LogP contribution in [-0.4, -0.2) is 38.0 Å². The normalized spacial score (nSPS) is 9.65. The third kappa shape index (κ3) is 5.38. The predicted molar refractivity (Wildman–Crippen MR) is 72.8 cm³/mol. The molecule has 0 spiro atoms. The zero-order chi connectivity index (χ0) is 15.0. The standard InChI is InChI=1S/C13H17N3O4/c1-20-12(18)8-11(17)15-6-7-16-13(19)9-2-4-10(14)5-3-9/h2-5H,6-8,14H2,1H3,(H,15,17)(H,16,19). The van der Waals surface area contributed by atoms with E-state index < -0.39 is 11.9 Å². The monoisotopic (exact) mass is 279 g/mol. The molecule has 0 saturated heterocycles. The van der Waals surface area contributed by atoms with Crippen molar-refractivity contribution in [2.75, 3.05) is 25.9 Å². The van der Waals surface area contributed by atoms with Crippen molar-refractivity contribution in [2.24, 2.45) is 0 Å². The number of nitrogens with one attached hydrogen (secondary N) is 2. The number of nitrogen functional groups attached to an aromatic ring is 1. The minimum absolute atomic E-state index is 0.233. The van der Waals surface area contributed by atoms with Crippen LogP contribution in [0, 0.1) is 0 Å². The summed E-state index contributed by atoms with van der Waals surface area (Å²) >= 11 is 0. The van der Waals surface area contributed by atoms with Crippen LogP contribution in [0.4, 0.5) is 5.69 Å². The van der Waals surface area contributed by atoms with Crippen molar-refractivity contribution in [3.05, 3.63) is 29.8 Å². The number of rotatable bonds is 6. The molecule has 0 fully saturated rings. The van der Waals surface area contributed by atoms with Gasteiger partial charge in [-0.1, -0.05) is 0 Å². The Bertz CT molecular complexity index is 485. The first-order valence-electron chi connectivity index (χ1n) is 6.00. The Morgan fingerprint density at radius 1 is 1.10 bits per heavy atom. The molecule has 0 aliphatic heterocycles. The Kier molecular flexibility index (Phi) is 6.02. The minimum Gasteiger partial charge on any atom is -0.469 e. The number of hydrogen-bond donors (Lipinski definition) is 3. The Morgan fingerprint density at radius 3 is 2.30 bits per heavy atom. The van der Waals surface area contributed by atoms with Crippen LogP contribution >= 0.6 is 0 Å². The van der Waals surface area contributed by atoms with Gasteiger partial charge < -0.3 is 21.1 Å². The maximum atomic E-state index is 11.7. The van der Waals surface area contributed by atoms with Gasteiger partial charge in [0, 0.05) is 24.3 Å².